The quantitative estimate of drug-likeness (QED) is 0.531. The Kier molecular flexibility index (Phi) is 11.9. The molecule has 0 bridgehead atoms. The Bertz CT molecular complexity index is 386. The molecule has 0 aromatic carbocycles. The molecule has 0 radical (unpaired) electrons. The highest BCUT2D eigenvalue weighted by molar-refractivity contribution is 7.09. The molecule has 0 aliphatic heterocycles. The molecular weight excluding hydrogens is 282 g/mol. The number of carboxylic acids is 1. The molecule has 120 valence electrons. The van der Waals surface area contributed by atoms with Crippen molar-refractivity contribution < 1.29 is 9.90 Å². The monoisotopic (exact) mass is 311 g/mol. The lowest BCUT2D eigenvalue weighted by atomic mass is 10.1. The molecule has 1 heterocycles. The summed E-state index contributed by atoms with van der Waals surface area (Å²) in [6, 6.07) is 0. The fourth-order valence-corrected chi connectivity index (χ4v) is 2.53. The van der Waals surface area contributed by atoms with Gasteiger partial charge in [0.2, 0.25) is 0 Å². The first-order valence-corrected chi connectivity index (χ1v) is 8.60. The Hall–Kier alpha value is -1.16. The van der Waals surface area contributed by atoms with E-state index >= 15 is 0 Å². The van der Waals surface area contributed by atoms with E-state index in [4.69, 9.17) is 5.11 Å². The Morgan fingerprint density at radius 2 is 2.14 bits per heavy atom. The number of thiazole rings is 1. The van der Waals surface area contributed by atoms with Gasteiger partial charge in [0, 0.05) is 18.0 Å². The van der Waals surface area contributed by atoms with Crippen LogP contribution in [0, 0.1) is 11.8 Å². The van der Waals surface area contributed by atoms with Crippen LogP contribution < -0.4 is 0 Å². The molecule has 21 heavy (non-hydrogen) atoms. The van der Waals surface area contributed by atoms with Gasteiger partial charge in [0.25, 0.3) is 0 Å². The van der Waals surface area contributed by atoms with Crippen molar-refractivity contribution in [1.82, 2.24) is 4.98 Å². The fraction of sp³-hybridized carbons (Fsp3) is 0.647. The topological polar surface area (TPSA) is 50.2 Å². The van der Waals surface area contributed by atoms with Gasteiger partial charge in [0.15, 0.2) is 0 Å². The van der Waals surface area contributed by atoms with Gasteiger partial charge in [0.1, 0.15) is 0 Å². The van der Waals surface area contributed by atoms with E-state index in [1.807, 2.05) is 24.6 Å². The van der Waals surface area contributed by atoms with Crippen LogP contribution in [0.15, 0.2) is 23.7 Å². The van der Waals surface area contributed by atoms with Gasteiger partial charge in [-0.15, -0.1) is 11.3 Å². The van der Waals surface area contributed by atoms with Crippen LogP contribution >= 0.6 is 11.3 Å². The highest BCUT2D eigenvalue weighted by atomic mass is 32.1. The van der Waals surface area contributed by atoms with E-state index in [-0.39, 0.29) is 12.3 Å². The van der Waals surface area contributed by atoms with Crippen molar-refractivity contribution in [3.05, 3.63) is 28.7 Å². The number of unbranched alkanes of at least 4 members (excludes halogenated alkanes) is 2. The van der Waals surface area contributed by atoms with E-state index in [0.29, 0.717) is 0 Å². The number of nitrogens with zero attached hydrogens (tertiary/aromatic N) is 1. The lowest BCUT2D eigenvalue weighted by molar-refractivity contribution is -0.137. The van der Waals surface area contributed by atoms with Gasteiger partial charge in [-0.05, 0) is 18.3 Å². The second-order valence-corrected chi connectivity index (χ2v) is 6.65. The first-order chi connectivity index (χ1) is 9.95. The molecular formula is C17H29NO2S. The standard InChI is InChI=1S/C10H18O2.C7H11NS/c1-3-4-5-6-7-9(2)8-10(11)12;1-6(2)5-7-8-3-4-9-7/h6-7,9H,3-5,8H2,1-2H3,(H,11,12);3-4,6H,5H2,1-2H3/b7-6-;. The van der Waals surface area contributed by atoms with Gasteiger partial charge in [-0.1, -0.05) is 52.7 Å². The molecule has 0 saturated heterocycles. The van der Waals surface area contributed by atoms with E-state index in [1.54, 1.807) is 11.3 Å². The number of aromatic nitrogens is 1. The number of rotatable bonds is 8. The lowest BCUT2D eigenvalue weighted by Gasteiger charge is -1.99. The molecule has 1 aromatic heterocycles. The number of carboxylic acid groups (broad SMARTS) is 1. The van der Waals surface area contributed by atoms with Gasteiger partial charge in [-0.3, -0.25) is 4.79 Å². The summed E-state index contributed by atoms with van der Waals surface area (Å²) in [5.74, 6) is 0.179. The largest absolute Gasteiger partial charge is 0.481 e. The molecule has 4 heteroatoms. The molecule has 0 aliphatic rings. The predicted molar refractivity (Wildman–Crippen MR) is 90.7 cm³/mol. The first kappa shape index (κ1) is 19.8. The summed E-state index contributed by atoms with van der Waals surface area (Å²) in [5.41, 5.74) is 0. The zero-order valence-corrected chi connectivity index (χ0v) is 14.5. The normalized spacial score (nSPS) is 12.2. The fourth-order valence-electron chi connectivity index (χ4n) is 1.70. The van der Waals surface area contributed by atoms with Crippen molar-refractivity contribution in [3.8, 4) is 0 Å². The average molecular weight is 311 g/mol. The van der Waals surface area contributed by atoms with Crippen molar-refractivity contribution >= 4 is 17.3 Å². The summed E-state index contributed by atoms with van der Waals surface area (Å²) in [5, 5.41) is 11.7. The Morgan fingerprint density at radius 3 is 2.62 bits per heavy atom. The van der Waals surface area contributed by atoms with Crippen molar-refractivity contribution in [2.45, 2.75) is 59.8 Å². The maximum Gasteiger partial charge on any atom is 0.303 e. The van der Waals surface area contributed by atoms with Crippen LogP contribution in [0.5, 0.6) is 0 Å². The summed E-state index contributed by atoms with van der Waals surface area (Å²) < 4.78 is 0. The summed E-state index contributed by atoms with van der Waals surface area (Å²) in [6.45, 7) is 8.49. The lowest BCUT2D eigenvalue weighted by Crippen LogP contribution is -2.00. The van der Waals surface area contributed by atoms with Gasteiger partial charge in [-0.2, -0.15) is 0 Å². The molecule has 1 rings (SSSR count). The number of aliphatic carboxylic acids is 1. The van der Waals surface area contributed by atoms with Crippen LogP contribution in [0.1, 0.15) is 58.4 Å². The van der Waals surface area contributed by atoms with E-state index in [9.17, 15) is 4.79 Å². The minimum absolute atomic E-state index is 0.166. The van der Waals surface area contributed by atoms with Crippen LogP contribution in [-0.4, -0.2) is 16.1 Å². The molecule has 3 nitrogen and oxygen atoms in total. The summed E-state index contributed by atoms with van der Waals surface area (Å²) in [6.07, 6.45) is 10.7. The number of carbonyl (C=O) groups is 1. The van der Waals surface area contributed by atoms with Crippen molar-refractivity contribution in [2.75, 3.05) is 0 Å². The van der Waals surface area contributed by atoms with Crippen molar-refractivity contribution in [3.63, 3.8) is 0 Å². The molecule has 0 fully saturated rings. The molecule has 0 spiro atoms. The third-order valence-electron chi connectivity index (χ3n) is 2.75. The minimum atomic E-state index is -0.720. The Morgan fingerprint density at radius 1 is 1.43 bits per heavy atom. The van der Waals surface area contributed by atoms with Crippen LogP contribution in [0.2, 0.25) is 0 Å². The maximum atomic E-state index is 10.3. The summed E-state index contributed by atoms with van der Waals surface area (Å²) in [7, 11) is 0. The van der Waals surface area contributed by atoms with Crippen LogP contribution in [0.3, 0.4) is 0 Å². The van der Waals surface area contributed by atoms with Gasteiger partial charge in [-0.25, -0.2) is 4.98 Å². The van der Waals surface area contributed by atoms with E-state index in [1.165, 1.54) is 17.8 Å². The summed E-state index contributed by atoms with van der Waals surface area (Å²) in [4.78, 5) is 14.4. The number of hydrogen-bond acceptors (Lipinski definition) is 3. The van der Waals surface area contributed by atoms with Gasteiger partial charge < -0.3 is 5.11 Å². The van der Waals surface area contributed by atoms with Gasteiger partial charge in [0.05, 0.1) is 11.4 Å². The molecule has 1 atom stereocenters. The SMILES string of the molecule is CC(C)Cc1nccs1.CCCC/C=C\C(C)CC(=O)O. The second-order valence-electron chi connectivity index (χ2n) is 5.67. The van der Waals surface area contributed by atoms with Crippen LogP contribution in [-0.2, 0) is 11.2 Å². The predicted octanol–water partition coefficient (Wildman–Crippen LogP) is 5.19. The number of allylic oxidation sites excluding steroid dienone is 2. The second kappa shape index (κ2) is 12.6. The van der Waals surface area contributed by atoms with E-state index < -0.39 is 5.97 Å². The molecule has 1 N–H and O–H groups in total. The van der Waals surface area contributed by atoms with Crippen LogP contribution in [0.25, 0.3) is 0 Å². The van der Waals surface area contributed by atoms with Crippen LogP contribution in [0.4, 0.5) is 0 Å². The zero-order valence-electron chi connectivity index (χ0n) is 13.7. The Labute approximate surface area is 133 Å². The molecule has 1 unspecified atom stereocenters. The third-order valence-corrected chi connectivity index (χ3v) is 3.55. The zero-order chi connectivity index (χ0) is 16.1. The maximum absolute atomic E-state index is 10.3. The van der Waals surface area contributed by atoms with Gasteiger partial charge >= 0.3 is 5.97 Å². The molecule has 0 aliphatic carbocycles. The van der Waals surface area contributed by atoms with E-state index in [0.717, 1.165) is 18.8 Å². The highest BCUT2D eigenvalue weighted by Crippen LogP contribution is 2.09. The third kappa shape index (κ3) is 13.6. The first-order valence-electron chi connectivity index (χ1n) is 7.72. The average Bonchev–Trinajstić information content (AvgIpc) is 2.86. The molecule has 0 amide bonds. The van der Waals surface area contributed by atoms with Crippen molar-refractivity contribution in [2.24, 2.45) is 11.8 Å². The molecule has 1 aromatic rings. The number of hydrogen-bond donors (Lipinski definition) is 1. The minimum Gasteiger partial charge on any atom is -0.481 e. The van der Waals surface area contributed by atoms with Crippen molar-refractivity contribution in [1.29, 1.82) is 0 Å². The molecule has 0 saturated carbocycles. The highest BCUT2D eigenvalue weighted by Gasteiger charge is 2.02. The summed E-state index contributed by atoms with van der Waals surface area (Å²) >= 11 is 1.74. The Balaban J connectivity index is 0.000000394. The smallest absolute Gasteiger partial charge is 0.303 e. The van der Waals surface area contributed by atoms with E-state index in [2.05, 4.69) is 31.8 Å².